The molecule has 0 aliphatic heterocycles. The Kier molecular flexibility index (Phi) is 4.16. The minimum Gasteiger partial charge on any atom is -0.305 e. The van der Waals surface area contributed by atoms with Crippen LogP contribution in [0.5, 0.6) is 0 Å². The van der Waals surface area contributed by atoms with Crippen LogP contribution in [0.2, 0.25) is 10.2 Å². The molecule has 3 nitrogen and oxygen atoms in total. The van der Waals surface area contributed by atoms with Gasteiger partial charge in [0.2, 0.25) is 0 Å². The van der Waals surface area contributed by atoms with Crippen molar-refractivity contribution in [3.05, 3.63) is 39.8 Å². The molecule has 0 aliphatic rings. The van der Waals surface area contributed by atoms with Crippen molar-refractivity contribution < 1.29 is 4.39 Å². The Labute approximate surface area is 126 Å². The highest BCUT2D eigenvalue weighted by Crippen LogP contribution is 2.25. The van der Waals surface area contributed by atoms with E-state index in [0.29, 0.717) is 16.5 Å². The molecule has 1 aromatic carbocycles. The lowest BCUT2D eigenvalue weighted by Crippen LogP contribution is -2.31. The molecule has 0 aliphatic carbocycles. The second-order valence-electron chi connectivity index (χ2n) is 5.45. The molecule has 0 fully saturated rings. The van der Waals surface area contributed by atoms with Crippen LogP contribution >= 0.6 is 23.2 Å². The van der Waals surface area contributed by atoms with Crippen LogP contribution in [-0.2, 0) is 0 Å². The standard InChI is InChI=1S/C14H14Cl2FN3/c1-14(2,3)20-18-7-9-4-8-5-10(15)11(17)6-12(8)19-13(9)16/h4-7,20H,1-3H3/b18-7+. The summed E-state index contributed by atoms with van der Waals surface area (Å²) in [5.41, 5.74) is 3.92. The predicted molar refractivity (Wildman–Crippen MR) is 82.2 cm³/mol. The Bertz CT molecular complexity index is 678. The summed E-state index contributed by atoms with van der Waals surface area (Å²) in [5.74, 6) is -0.515. The molecule has 6 heteroatoms. The first-order chi connectivity index (χ1) is 9.26. The molecule has 0 bridgehead atoms. The Balaban J connectivity index is 2.40. The third-order valence-corrected chi connectivity index (χ3v) is 3.03. The quantitative estimate of drug-likeness (QED) is 0.507. The van der Waals surface area contributed by atoms with Gasteiger partial charge in [0.15, 0.2) is 0 Å². The van der Waals surface area contributed by atoms with Crippen LogP contribution in [0, 0.1) is 5.82 Å². The number of rotatable bonds is 2. The highest BCUT2D eigenvalue weighted by molar-refractivity contribution is 6.33. The lowest BCUT2D eigenvalue weighted by Gasteiger charge is -2.17. The summed E-state index contributed by atoms with van der Waals surface area (Å²) in [6.07, 6.45) is 1.58. The predicted octanol–water partition coefficient (Wildman–Crippen LogP) is 4.40. The zero-order chi connectivity index (χ0) is 14.9. The number of hydrogen-bond acceptors (Lipinski definition) is 3. The fraction of sp³-hybridized carbons (Fsp3) is 0.286. The summed E-state index contributed by atoms with van der Waals surface area (Å²) in [6.45, 7) is 5.98. The molecule has 0 saturated heterocycles. The van der Waals surface area contributed by atoms with E-state index in [4.69, 9.17) is 23.2 Å². The lowest BCUT2D eigenvalue weighted by atomic mass is 10.1. The molecule has 2 rings (SSSR count). The van der Waals surface area contributed by atoms with Crippen molar-refractivity contribution in [1.29, 1.82) is 0 Å². The Morgan fingerprint density at radius 3 is 2.60 bits per heavy atom. The van der Waals surface area contributed by atoms with Crippen LogP contribution in [0.15, 0.2) is 23.3 Å². The van der Waals surface area contributed by atoms with E-state index in [1.807, 2.05) is 20.8 Å². The zero-order valence-corrected chi connectivity index (χ0v) is 12.8. The highest BCUT2D eigenvalue weighted by atomic mass is 35.5. The van der Waals surface area contributed by atoms with E-state index in [9.17, 15) is 4.39 Å². The molecule has 0 amide bonds. The van der Waals surface area contributed by atoms with Gasteiger partial charge in [0.05, 0.1) is 16.8 Å². The van der Waals surface area contributed by atoms with Crippen LogP contribution in [0.3, 0.4) is 0 Å². The average molecular weight is 314 g/mol. The van der Waals surface area contributed by atoms with Crippen LogP contribution < -0.4 is 5.43 Å². The third-order valence-electron chi connectivity index (χ3n) is 2.44. The Morgan fingerprint density at radius 2 is 1.95 bits per heavy atom. The molecule has 0 unspecified atom stereocenters. The van der Waals surface area contributed by atoms with E-state index >= 15 is 0 Å². The van der Waals surface area contributed by atoms with Crippen LogP contribution in [0.25, 0.3) is 10.9 Å². The monoisotopic (exact) mass is 313 g/mol. The van der Waals surface area contributed by atoms with Gasteiger partial charge in [-0.3, -0.25) is 0 Å². The largest absolute Gasteiger partial charge is 0.305 e. The van der Waals surface area contributed by atoms with Crippen molar-refractivity contribution in [2.24, 2.45) is 5.10 Å². The average Bonchev–Trinajstić information content (AvgIpc) is 2.31. The second kappa shape index (κ2) is 5.54. The maximum atomic E-state index is 13.4. The summed E-state index contributed by atoms with van der Waals surface area (Å²) in [4.78, 5) is 4.14. The van der Waals surface area contributed by atoms with Gasteiger partial charge in [0.25, 0.3) is 0 Å². The normalized spacial score (nSPS) is 12.3. The van der Waals surface area contributed by atoms with Gasteiger partial charge in [-0.1, -0.05) is 23.2 Å². The van der Waals surface area contributed by atoms with E-state index in [1.54, 1.807) is 12.3 Å². The molecule has 20 heavy (non-hydrogen) atoms. The zero-order valence-electron chi connectivity index (χ0n) is 11.3. The van der Waals surface area contributed by atoms with Crippen molar-refractivity contribution >= 4 is 40.3 Å². The fourth-order valence-corrected chi connectivity index (χ4v) is 1.91. The van der Waals surface area contributed by atoms with E-state index in [1.165, 1.54) is 12.1 Å². The number of aromatic nitrogens is 1. The summed E-state index contributed by atoms with van der Waals surface area (Å²) in [6, 6.07) is 4.55. The van der Waals surface area contributed by atoms with Crippen LogP contribution in [-0.4, -0.2) is 16.7 Å². The maximum Gasteiger partial charge on any atom is 0.143 e. The molecular weight excluding hydrogens is 300 g/mol. The van der Waals surface area contributed by atoms with Crippen molar-refractivity contribution in [3.8, 4) is 0 Å². The summed E-state index contributed by atoms with van der Waals surface area (Å²) >= 11 is 11.8. The SMILES string of the molecule is CC(C)(C)N/N=C/c1cc2cc(Cl)c(F)cc2nc1Cl. The molecule has 1 aromatic heterocycles. The summed E-state index contributed by atoms with van der Waals surface area (Å²) in [5, 5.41) is 5.14. The van der Waals surface area contributed by atoms with Crippen molar-refractivity contribution in [1.82, 2.24) is 10.4 Å². The molecule has 0 spiro atoms. The second-order valence-corrected chi connectivity index (χ2v) is 6.21. The molecule has 0 atom stereocenters. The van der Waals surface area contributed by atoms with Crippen molar-refractivity contribution in [2.75, 3.05) is 0 Å². The smallest absolute Gasteiger partial charge is 0.143 e. The summed E-state index contributed by atoms with van der Waals surface area (Å²) in [7, 11) is 0. The number of nitrogens with zero attached hydrogens (tertiary/aromatic N) is 2. The molecule has 0 saturated carbocycles. The van der Waals surface area contributed by atoms with Crippen LogP contribution in [0.4, 0.5) is 4.39 Å². The van der Waals surface area contributed by atoms with E-state index < -0.39 is 5.82 Å². The third kappa shape index (κ3) is 3.58. The van der Waals surface area contributed by atoms with Gasteiger partial charge in [0.1, 0.15) is 11.0 Å². The van der Waals surface area contributed by atoms with Gasteiger partial charge in [-0.15, -0.1) is 0 Å². The van der Waals surface area contributed by atoms with Gasteiger partial charge < -0.3 is 5.43 Å². The number of halogens is 3. The van der Waals surface area contributed by atoms with Gasteiger partial charge >= 0.3 is 0 Å². The number of fused-ring (bicyclic) bond motifs is 1. The minimum atomic E-state index is -0.515. The van der Waals surface area contributed by atoms with Gasteiger partial charge in [0, 0.05) is 22.6 Å². The topological polar surface area (TPSA) is 37.3 Å². The van der Waals surface area contributed by atoms with Crippen LogP contribution in [0.1, 0.15) is 26.3 Å². The number of hydrazone groups is 1. The highest BCUT2D eigenvalue weighted by Gasteiger charge is 2.09. The summed E-state index contributed by atoms with van der Waals surface area (Å²) < 4.78 is 13.4. The number of benzene rings is 1. The molecule has 1 N–H and O–H groups in total. The number of pyridine rings is 1. The van der Waals surface area contributed by atoms with E-state index in [-0.39, 0.29) is 15.7 Å². The number of hydrogen-bond donors (Lipinski definition) is 1. The maximum absolute atomic E-state index is 13.4. The van der Waals surface area contributed by atoms with Crippen molar-refractivity contribution in [3.63, 3.8) is 0 Å². The minimum absolute atomic E-state index is 0.0531. The molecule has 106 valence electrons. The lowest BCUT2D eigenvalue weighted by molar-refractivity contribution is 0.442. The molecule has 0 radical (unpaired) electrons. The van der Waals surface area contributed by atoms with Gasteiger partial charge in [-0.2, -0.15) is 5.10 Å². The van der Waals surface area contributed by atoms with E-state index in [0.717, 1.165) is 0 Å². The first-order valence-corrected chi connectivity index (χ1v) is 6.77. The Hall–Kier alpha value is -1.39. The Morgan fingerprint density at radius 1 is 1.25 bits per heavy atom. The number of nitrogens with one attached hydrogen (secondary N) is 1. The molecule has 2 aromatic rings. The fourth-order valence-electron chi connectivity index (χ4n) is 1.55. The molecule has 1 heterocycles. The van der Waals surface area contributed by atoms with E-state index in [2.05, 4.69) is 15.5 Å². The van der Waals surface area contributed by atoms with Gasteiger partial charge in [-0.25, -0.2) is 9.37 Å². The van der Waals surface area contributed by atoms with Crippen molar-refractivity contribution in [2.45, 2.75) is 26.3 Å². The molecular formula is C14H14Cl2FN3. The first kappa shape index (κ1) is 15.0. The first-order valence-electron chi connectivity index (χ1n) is 6.02. The van der Waals surface area contributed by atoms with Gasteiger partial charge in [-0.05, 0) is 32.9 Å².